The molecule has 3 heterocycles. The highest BCUT2D eigenvalue weighted by atomic mass is 35.5. The Kier molecular flexibility index (Phi) is 7.91. The van der Waals surface area contributed by atoms with Crippen LogP contribution in [0.2, 0.25) is 10.0 Å². The number of urea groups is 1. The Morgan fingerprint density at radius 1 is 1.09 bits per heavy atom. The minimum atomic E-state index is -0.670. The van der Waals surface area contributed by atoms with Gasteiger partial charge in [-0.25, -0.2) is 4.79 Å². The summed E-state index contributed by atoms with van der Waals surface area (Å²) in [6.45, 7) is 4.10. The number of benzene rings is 3. The van der Waals surface area contributed by atoms with E-state index in [9.17, 15) is 19.7 Å². The number of halogens is 2. The first-order valence-electron chi connectivity index (χ1n) is 14.0. The number of rotatable bonds is 6. The third-order valence-corrected chi connectivity index (χ3v) is 8.05. The van der Waals surface area contributed by atoms with Crippen LogP contribution in [0.3, 0.4) is 0 Å². The first-order valence-corrected chi connectivity index (χ1v) is 14.8. The number of amidine groups is 1. The molecule has 3 aromatic carbocycles. The normalized spacial score (nSPS) is 18.5. The second kappa shape index (κ2) is 11.8. The molecule has 3 amide bonds. The summed E-state index contributed by atoms with van der Waals surface area (Å²) < 4.78 is 6.07. The van der Waals surface area contributed by atoms with Crippen LogP contribution in [0.15, 0.2) is 71.9 Å². The lowest BCUT2D eigenvalue weighted by Gasteiger charge is -2.35. The van der Waals surface area contributed by atoms with Gasteiger partial charge in [0.2, 0.25) is 5.91 Å². The second-order valence-electron chi connectivity index (χ2n) is 10.9. The number of hydrogen-bond acceptors (Lipinski definition) is 6. The van der Waals surface area contributed by atoms with E-state index in [1.807, 2.05) is 44.3 Å². The molecule has 13 heteroatoms. The van der Waals surface area contributed by atoms with Crippen LogP contribution in [0.1, 0.15) is 42.6 Å². The van der Waals surface area contributed by atoms with Crippen molar-refractivity contribution in [2.45, 2.75) is 32.0 Å². The quantitative estimate of drug-likeness (QED) is 0.191. The fourth-order valence-electron chi connectivity index (χ4n) is 5.66. The van der Waals surface area contributed by atoms with Crippen molar-refractivity contribution < 1.29 is 19.2 Å². The number of non-ortho nitro benzene ring substituents is 1. The molecule has 1 saturated heterocycles. The molecule has 6 rings (SSSR count). The molecule has 1 fully saturated rings. The van der Waals surface area contributed by atoms with Gasteiger partial charge in [0, 0.05) is 51.9 Å². The minimum Gasteiger partial charge on any atom is -0.490 e. The van der Waals surface area contributed by atoms with Crippen LogP contribution in [0.4, 0.5) is 10.5 Å². The summed E-state index contributed by atoms with van der Waals surface area (Å²) >= 11 is 12.5. The van der Waals surface area contributed by atoms with Gasteiger partial charge in [-0.2, -0.15) is 0 Å². The summed E-state index contributed by atoms with van der Waals surface area (Å²) in [6, 6.07) is 15.2. The molecule has 0 aliphatic carbocycles. The molecule has 4 aromatic rings. The SMILES string of the molecule is CC(C)Oc1cc([N+](=O)[O-])ccc1C1=NC(c2c[nH]c3cc(Cl)ccc23)C(c2ccc(Cl)cc2)N1C(=O)N1CCNC(=O)C1. The van der Waals surface area contributed by atoms with Crippen LogP contribution in [-0.2, 0) is 4.79 Å². The molecular weight excluding hydrogens is 607 g/mol. The Hall–Kier alpha value is -4.61. The number of piperazine rings is 1. The standard InChI is InChI=1S/C31H28Cl2N6O5/c1-17(2)44-26-14-21(39(42)43)8-10-23(26)30-36-28(24-15-35-25-13-20(33)7-9-22(24)25)29(18-3-5-19(32)6-4-18)38(30)31(41)37-12-11-34-27(40)16-37/h3-10,13-15,17,28-29,35H,11-12,16H2,1-2H3,(H,34,40). The van der Waals surface area contributed by atoms with E-state index in [-0.39, 0.29) is 35.8 Å². The Bertz CT molecular complexity index is 1810. The summed E-state index contributed by atoms with van der Waals surface area (Å²) in [5, 5.41) is 16.4. The maximum Gasteiger partial charge on any atom is 0.326 e. The Morgan fingerprint density at radius 3 is 2.55 bits per heavy atom. The molecular formula is C31H28Cl2N6O5. The third kappa shape index (κ3) is 5.56. The monoisotopic (exact) mass is 634 g/mol. The number of amides is 3. The molecule has 2 aliphatic heterocycles. The third-order valence-electron chi connectivity index (χ3n) is 7.57. The number of nitro groups is 1. The number of fused-ring (bicyclic) bond motifs is 1. The molecule has 0 saturated carbocycles. The van der Waals surface area contributed by atoms with Gasteiger partial charge in [0.05, 0.1) is 28.7 Å². The fourth-order valence-corrected chi connectivity index (χ4v) is 5.96. The van der Waals surface area contributed by atoms with Crippen LogP contribution in [0.5, 0.6) is 5.75 Å². The number of nitrogens with one attached hydrogen (secondary N) is 2. The molecule has 44 heavy (non-hydrogen) atoms. The second-order valence-corrected chi connectivity index (χ2v) is 11.7. The molecule has 2 atom stereocenters. The number of hydrogen-bond donors (Lipinski definition) is 2. The van der Waals surface area contributed by atoms with Crippen molar-refractivity contribution in [3.8, 4) is 5.75 Å². The van der Waals surface area contributed by atoms with Gasteiger partial charge in [-0.05, 0) is 49.7 Å². The molecule has 2 aliphatic rings. The zero-order valence-electron chi connectivity index (χ0n) is 23.8. The first-order chi connectivity index (χ1) is 21.1. The van der Waals surface area contributed by atoms with Gasteiger partial charge in [-0.1, -0.05) is 41.4 Å². The molecule has 2 unspecified atom stereocenters. The number of H-pyrrole nitrogens is 1. The average Bonchev–Trinajstić information content (AvgIpc) is 3.58. The zero-order valence-corrected chi connectivity index (χ0v) is 25.3. The van der Waals surface area contributed by atoms with Crippen molar-refractivity contribution >= 4 is 57.6 Å². The maximum absolute atomic E-state index is 14.5. The molecule has 0 radical (unpaired) electrons. The first kappa shape index (κ1) is 29.5. The Labute approximate surface area is 262 Å². The minimum absolute atomic E-state index is 0.123. The van der Waals surface area contributed by atoms with Gasteiger partial charge in [0.15, 0.2) is 0 Å². The van der Waals surface area contributed by atoms with Crippen molar-refractivity contribution in [2.24, 2.45) is 4.99 Å². The molecule has 0 bridgehead atoms. The van der Waals surface area contributed by atoms with E-state index >= 15 is 0 Å². The number of carbonyl (C=O) groups excluding carboxylic acids is 2. The fraction of sp³-hybridized carbons (Fsp3) is 0.258. The van der Waals surface area contributed by atoms with Gasteiger partial charge in [0.25, 0.3) is 5.69 Å². The predicted octanol–water partition coefficient (Wildman–Crippen LogP) is 6.27. The van der Waals surface area contributed by atoms with E-state index < -0.39 is 23.0 Å². The topological polar surface area (TPSA) is 133 Å². The maximum atomic E-state index is 14.5. The lowest BCUT2D eigenvalue weighted by molar-refractivity contribution is -0.384. The van der Waals surface area contributed by atoms with Crippen molar-refractivity contribution in [3.05, 3.63) is 104 Å². The van der Waals surface area contributed by atoms with Crippen molar-refractivity contribution in [1.29, 1.82) is 0 Å². The summed E-state index contributed by atoms with van der Waals surface area (Å²) in [5.41, 5.74) is 2.62. The van der Waals surface area contributed by atoms with Crippen molar-refractivity contribution in [3.63, 3.8) is 0 Å². The smallest absolute Gasteiger partial charge is 0.326 e. The lowest BCUT2D eigenvalue weighted by Crippen LogP contribution is -2.55. The Balaban J connectivity index is 1.59. The van der Waals surface area contributed by atoms with E-state index in [1.54, 1.807) is 29.2 Å². The van der Waals surface area contributed by atoms with Crippen LogP contribution < -0.4 is 10.1 Å². The zero-order chi connectivity index (χ0) is 31.1. The summed E-state index contributed by atoms with van der Waals surface area (Å²) in [7, 11) is 0. The summed E-state index contributed by atoms with van der Waals surface area (Å²) in [4.78, 5) is 49.5. The van der Waals surface area contributed by atoms with Gasteiger partial charge in [-0.15, -0.1) is 0 Å². The number of aromatic nitrogens is 1. The number of ether oxygens (including phenoxy) is 1. The van der Waals surface area contributed by atoms with Gasteiger partial charge in [-0.3, -0.25) is 24.8 Å². The van der Waals surface area contributed by atoms with E-state index in [4.69, 9.17) is 32.9 Å². The average molecular weight is 636 g/mol. The number of aliphatic imine (C=N–C) groups is 1. The van der Waals surface area contributed by atoms with E-state index in [1.165, 1.54) is 17.0 Å². The van der Waals surface area contributed by atoms with Gasteiger partial charge in [0.1, 0.15) is 24.2 Å². The predicted molar refractivity (Wildman–Crippen MR) is 167 cm³/mol. The molecule has 1 aromatic heterocycles. The Morgan fingerprint density at radius 2 is 1.84 bits per heavy atom. The van der Waals surface area contributed by atoms with Crippen LogP contribution in [0.25, 0.3) is 10.9 Å². The lowest BCUT2D eigenvalue weighted by atomic mass is 9.93. The number of nitro benzene ring substituents is 1. The van der Waals surface area contributed by atoms with Crippen LogP contribution in [0, 0.1) is 10.1 Å². The van der Waals surface area contributed by atoms with E-state index in [2.05, 4.69) is 10.3 Å². The van der Waals surface area contributed by atoms with E-state index in [0.717, 1.165) is 22.0 Å². The van der Waals surface area contributed by atoms with Crippen molar-refractivity contribution in [1.82, 2.24) is 20.1 Å². The van der Waals surface area contributed by atoms with Crippen LogP contribution in [-0.4, -0.2) is 63.2 Å². The highest BCUT2D eigenvalue weighted by molar-refractivity contribution is 6.31. The molecule has 11 nitrogen and oxygen atoms in total. The van der Waals surface area contributed by atoms with E-state index in [0.29, 0.717) is 28.7 Å². The van der Waals surface area contributed by atoms with Crippen LogP contribution >= 0.6 is 23.2 Å². The largest absolute Gasteiger partial charge is 0.490 e. The van der Waals surface area contributed by atoms with Gasteiger partial charge < -0.3 is 19.9 Å². The van der Waals surface area contributed by atoms with Gasteiger partial charge >= 0.3 is 6.03 Å². The number of carbonyl (C=O) groups is 2. The highest BCUT2D eigenvalue weighted by Crippen LogP contribution is 2.47. The highest BCUT2D eigenvalue weighted by Gasteiger charge is 2.46. The summed E-state index contributed by atoms with van der Waals surface area (Å²) in [5.74, 6) is 0.206. The number of aromatic amines is 1. The number of nitrogens with zero attached hydrogens (tertiary/aromatic N) is 4. The van der Waals surface area contributed by atoms with Crippen molar-refractivity contribution in [2.75, 3.05) is 19.6 Å². The molecule has 226 valence electrons. The molecule has 2 N–H and O–H groups in total. The molecule has 0 spiro atoms. The summed E-state index contributed by atoms with van der Waals surface area (Å²) in [6.07, 6.45) is 1.52.